The topological polar surface area (TPSA) is 49.3 Å². The summed E-state index contributed by atoms with van der Waals surface area (Å²) in [6.45, 7) is 0. The summed E-state index contributed by atoms with van der Waals surface area (Å²) in [5.74, 6) is -0.696. The molecule has 4 heteroatoms. The van der Waals surface area contributed by atoms with E-state index in [1.165, 1.54) is 24.3 Å². The summed E-state index contributed by atoms with van der Waals surface area (Å²) in [7, 11) is 0. The number of benzene rings is 2. The Bertz CT molecular complexity index is 639. The van der Waals surface area contributed by atoms with E-state index in [9.17, 15) is 14.3 Å². The highest BCUT2D eigenvalue weighted by Gasteiger charge is 2.31. The van der Waals surface area contributed by atoms with Gasteiger partial charge in [-0.3, -0.25) is 4.79 Å². The molecule has 0 unspecified atom stereocenters. The van der Waals surface area contributed by atoms with E-state index in [2.05, 4.69) is 5.32 Å². The van der Waals surface area contributed by atoms with Crippen LogP contribution in [0.15, 0.2) is 48.5 Å². The number of aliphatic hydroxyl groups excluding tert-OH is 1. The number of nitrogens with one attached hydrogen (secondary N) is 1. The van der Waals surface area contributed by atoms with Crippen LogP contribution < -0.4 is 5.32 Å². The van der Waals surface area contributed by atoms with E-state index in [4.69, 9.17) is 0 Å². The maximum atomic E-state index is 12.8. The number of halogens is 1. The predicted molar refractivity (Wildman–Crippen MR) is 72.8 cm³/mol. The molecule has 2 atom stereocenters. The van der Waals surface area contributed by atoms with Crippen LogP contribution in [0.25, 0.3) is 0 Å². The van der Waals surface area contributed by atoms with E-state index in [-0.39, 0.29) is 11.7 Å². The molecular formula is C16H14FNO2. The van der Waals surface area contributed by atoms with Gasteiger partial charge in [0.05, 0.1) is 12.1 Å². The minimum atomic E-state index is -0.628. The molecule has 0 fully saturated rings. The van der Waals surface area contributed by atoms with Gasteiger partial charge < -0.3 is 10.4 Å². The molecule has 1 amide bonds. The number of fused-ring (bicyclic) bond motifs is 1. The van der Waals surface area contributed by atoms with Gasteiger partial charge in [-0.05, 0) is 35.4 Å². The molecule has 0 spiro atoms. The summed E-state index contributed by atoms with van der Waals surface area (Å²) in [6.07, 6.45) is -0.0957. The highest BCUT2D eigenvalue weighted by molar-refractivity contribution is 5.94. The Morgan fingerprint density at radius 3 is 2.60 bits per heavy atom. The van der Waals surface area contributed by atoms with Crippen LogP contribution in [0, 0.1) is 5.82 Å². The van der Waals surface area contributed by atoms with E-state index in [0.717, 1.165) is 11.1 Å². The number of amides is 1. The third-order valence-corrected chi connectivity index (χ3v) is 3.60. The Kier molecular flexibility index (Phi) is 3.24. The van der Waals surface area contributed by atoms with Crippen LogP contribution in [0.2, 0.25) is 0 Å². The van der Waals surface area contributed by atoms with Crippen molar-refractivity contribution in [2.24, 2.45) is 0 Å². The largest absolute Gasteiger partial charge is 0.390 e. The smallest absolute Gasteiger partial charge is 0.251 e. The molecule has 0 heterocycles. The summed E-state index contributed by atoms with van der Waals surface area (Å²) in [5, 5.41) is 12.9. The summed E-state index contributed by atoms with van der Waals surface area (Å²) in [6, 6.07) is 12.6. The second kappa shape index (κ2) is 5.06. The van der Waals surface area contributed by atoms with E-state index < -0.39 is 12.1 Å². The van der Waals surface area contributed by atoms with Crippen molar-refractivity contribution in [3.63, 3.8) is 0 Å². The first-order valence-electron chi connectivity index (χ1n) is 6.47. The normalized spacial score (nSPS) is 20.5. The van der Waals surface area contributed by atoms with Crippen molar-refractivity contribution in [3.05, 3.63) is 71.0 Å². The first-order chi connectivity index (χ1) is 9.65. The monoisotopic (exact) mass is 271 g/mol. The lowest BCUT2D eigenvalue weighted by Gasteiger charge is -2.18. The minimum absolute atomic E-state index is 0.314. The zero-order valence-corrected chi connectivity index (χ0v) is 10.7. The molecule has 0 aliphatic heterocycles. The highest BCUT2D eigenvalue weighted by Crippen LogP contribution is 2.31. The Hall–Kier alpha value is -2.20. The Morgan fingerprint density at radius 2 is 1.85 bits per heavy atom. The molecule has 2 aromatic rings. The number of hydrogen-bond donors (Lipinski definition) is 2. The van der Waals surface area contributed by atoms with Gasteiger partial charge in [0.15, 0.2) is 0 Å². The second-order valence-corrected chi connectivity index (χ2v) is 4.93. The zero-order chi connectivity index (χ0) is 14.1. The Labute approximate surface area is 116 Å². The number of carbonyl (C=O) groups excluding carboxylic acids is 1. The number of hydrogen-bond acceptors (Lipinski definition) is 2. The molecular weight excluding hydrogens is 257 g/mol. The van der Waals surface area contributed by atoms with Crippen LogP contribution >= 0.6 is 0 Å². The molecule has 2 aromatic carbocycles. The molecule has 3 rings (SSSR count). The first-order valence-corrected chi connectivity index (χ1v) is 6.47. The number of rotatable bonds is 2. The lowest BCUT2D eigenvalue weighted by molar-refractivity contribution is 0.0858. The molecule has 2 N–H and O–H groups in total. The SMILES string of the molecule is O=C(N[C@H]1c2ccccc2C[C@H]1O)c1ccc(F)cc1. The van der Waals surface area contributed by atoms with Crippen molar-refractivity contribution < 1.29 is 14.3 Å². The van der Waals surface area contributed by atoms with Crippen molar-refractivity contribution in [2.45, 2.75) is 18.6 Å². The van der Waals surface area contributed by atoms with Gasteiger partial charge in [0.2, 0.25) is 0 Å². The van der Waals surface area contributed by atoms with Gasteiger partial charge in [-0.2, -0.15) is 0 Å². The van der Waals surface area contributed by atoms with Gasteiger partial charge >= 0.3 is 0 Å². The van der Waals surface area contributed by atoms with E-state index in [0.29, 0.717) is 12.0 Å². The maximum Gasteiger partial charge on any atom is 0.251 e. The fourth-order valence-electron chi connectivity index (χ4n) is 2.57. The maximum absolute atomic E-state index is 12.8. The van der Waals surface area contributed by atoms with Gasteiger partial charge in [0.25, 0.3) is 5.91 Å². The van der Waals surface area contributed by atoms with Crippen LogP contribution in [-0.2, 0) is 6.42 Å². The molecule has 3 nitrogen and oxygen atoms in total. The average molecular weight is 271 g/mol. The summed E-state index contributed by atoms with van der Waals surface area (Å²) >= 11 is 0. The minimum Gasteiger partial charge on any atom is -0.390 e. The standard InChI is InChI=1S/C16H14FNO2/c17-12-7-5-10(6-8-12)16(20)18-15-13-4-2-1-3-11(13)9-14(15)19/h1-8,14-15,19H,9H2,(H,18,20)/t14-,15+/m1/s1. The third-order valence-electron chi connectivity index (χ3n) is 3.60. The average Bonchev–Trinajstić information content (AvgIpc) is 2.76. The zero-order valence-electron chi connectivity index (χ0n) is 10.7. The second-order valence-electron chi connectivity index (χ2n) is 4.93. The van der Waals surface area contributed by atoms with Gasteiger partial charge in [-0.1, -0.05) is 24.3 Å². The fourth-order valence-corrected chi connectivity index (χ4v) is 2.57. The summed E-state index contributed by atoms with van der Waals surface area (Å²) < 4.78 is 12.8. The molecule has 1 aliphatic rings. The molecule has 20 heavy (non-hydrogen) atoms. The summed E-state index contributed by atoms with van der Waals surface area (Å²) in [5.41, 5.74) is 2.36. The van der Waals surface area contributed by atoms with Gasteiger partial charge in [0, 0.05) is 12.0 Å². The van der Waals surface area contributed by atoms with Gasteiger partial charge in [-0.25, -0.2) is 4.39 Å². The van der Waals surface area contributed by atoms with Crippen LogP contribution in [0.4, 0.5) is 4.39 Å². The lowest BCUT2D eigenvalue weighted by atomic mass is 10.1. The molecule has 0 saturated carbocycles. The van der Waals surface area contributed by atoms with Crippen LogP contribution in [0.3, 0.4) is 0 Å². The van der Waals surface area contributed by atoms with Gasteiger partial charge in [-0.15, -0.1) is 0 Å². The fraction of sp³-hybridized carbons (Fsp3) is 0.188. The molecule has 1 aliphatic carbocycles. The van der Waals surface area contributed by atoms with Gasteiger partial charge in [0.1, 0.15) is 5.82 Å². The summed E-state index contributed by atoms with van der Waals surface area (Å²) in [4.78, 5) is 12.1. The van der Waals surface area contributed by atoms with Crippen molar-refractivity contribution in [1.29, 1.82) is 0 Å². The Balaban J connectivity index is 1.81. The number of carbonyl (C=O) groups is 1. The Morgan fingerprint density at radius 1 is 1.15 bits per heavy atom. The van der Waals surface area contributed by atoms with Crippen molar-refractivity contribution in [2.75, 3.05) is 0 Å². The van der Waals surface area contributed by atoms with Crippen molar-refractivity contribution in [3.8, 4) is 0 Å². The van der Waals surface area contributed by atoms with Crippen LogP contribution in [-0.4, -0.2) is 17.1 Å². The van der Waals surface area contributed by atoms with E-state index in [1.807, 2.05) is 24.3 Å². The van der Waals surface area contributed by atoms with Crippen LogP contribution in [0.1, 0.15) is 27.5 Å². The predicted octanol–water partition coefficient (Wildman–Crippen LogP) is 2.21. The molecule has 0 saturated heterocycles. The molecule has 0 radical (unpaired) electrons. The quantitative estimate of drug-likeness (QED) is 0.880. The van der Waals surface area contributed by atoms with E-state index in [1.54, 1.807) is 0 Å². The third kappa shape index (κ3) is 2.30. The van der Waals surface area contributed by atoms with Crippen LogP contribution in [0.5, 0.6) is 0 Å². The molecule has 0 aromatic heterocycles. The molecule has 102 valence electrons. The molecule has 0 bridgehead atoms. The lowest BCUT2D eigenvalue weighted by Crippen LogP contribution is -2.33. The van der Waals surface area contributed by atoms with Crippen molar-refractivity contribution in [1.82, 2.24) is 5.32 Å². The first kappa shape index (κ1) is 12.8. The van der Waals surface area contributed by atoms with Crippen molar-refractivity contribution >= 4 is 5.91 Å². The van der Waals surface area contributed by atoms with E-state index >= 15 is 0 Å². The highest BCUT2D eigenvalue weighted by atomic mass is 19.1. The number of aliphatic hydroxyl groups is 1.